The van der Waals surface area contributed by atoms with Crippen LogP contribution in [0.2, 0.25) is 0 Å². The van der Waals surface area contributed by atoms with E-state index in [0.717, 1.165) is 19.4 Å². The van der Waals surface area contributed by atoms with Crippen LogP contribution in [0.25, 0.3) is 0 Å². The second kappa shape index (κ2) is 6.76. The first-order valence-electron chi connectivity index (χ1n) is 5.51. The smallest absolute Gasteiger partial charge is 0.341 e. The Morgan fingerprint density at radius 1 is 1.38 bits per heavy atom. The van der Waals surface area contributed by atoms with E-state index in [4.69, 9.17) is 4.74 Å². The fraction of sp³-hybridized carbons (Fsp3) is 0.545. The predicted molar refractivity (Wildman–Crippen MR) is 61.4 cm³/mol. The highest BCUT2D eigenvalue weighted by Gasteiger charge is 2.06. The highest BCUT2D eigenvalue weighted by atomic mass is 16.5. The number of hydrogen-bond acceptors (Lipinski definition) is 5. The average Bonchev–Trinajstić information content (AvgIpc) is 2.30. The van der Waals surface area contributed by atoms with E-state index in [2.05, 4.69) is 22.2 Å². The largest absolute Gasteiger partial charge is 0.462 e. The van der Waals surface area contributed by atoms with E-state index < -0.39 is 0 Å². The summed E-state index contributed by atoms with van der Waals surface area (Å²) >= 11 is 0. The first-order chi connectivity index (χ1) is 7.77. The molecule has 1 rings (SSSR count). The molecule has 1 aromatic rings. The molecule has 0 atom stereocenters. The zero-order valence-electron chi connectivity index (χ0n) is 9.69. The van der Waals surface area contributed by atoms with Crippen molar-refractivity contribution in [2.24, 2.45) is 0 Å². The fourth-order valence-electron chi connectivity index (χ4n) is 1.12. The van der Waals surface area contributed by atoms with Crippen molar-refractivity contribution in [3.05, 3.63) is 18.0 Å². The Hall–Kier alpha value is -1.65. The minimum Gasteiger partial charge on any atom is -0.462 e. The summed E-state index contributed by atoms with van der Waals surface area (Å²) in [5, 5.41) is 3.07. The maximum absolute atomic E-state index is 11.3. The SMILES string of the molecule is CCCCNc1ncc(C(=O)OCC)cn1. The number of anilines is 1. The summed E-state index contributed by atoms with van der Waals surface area (Å²) in [7, 11) is 0. The monoisotopic (exact) mass is 223 g/mol. The number of nitrogens with zero attached hydrogens (tertiary/aromatic N) is 2. The van der Waals surface area contributed by atoms with Crippen molar-refractivity contribution in [1.29, 1.82) is 0 Å². The number of esters is 1. The summed E-state index contributed by atoms with van der Waals surface area (Å²) in [4.78, 5) is 19.4. The third-order valence-electron chi connectivity index (χ3n) is 1.98. The van der Waals surface area contributed by atoms with Gasteiger partial charge in [0, 0.05) is 18.9 Å². The molecule has 0 saturated carbocycles. The van der Waals surface area contributed by atoms with Gasteiger partial charge in [0.1, 0.15) is 0 Å². The lowest BCUT2D eigenvalue weighted by Gasteiger charge is -2.04. The van der Waals surface area contributed by atoms with Crippen molar-refractivity contribution in [3.8, 4) is 0 Å². The van der Waals surface area contributed by atoms with Crippen molar-refractivity contribution in [3.63, 3.8) is 0 Å². The quantitative estimate of drug-likeness (QED) is 0.589. The van der Waals surface area contributed by atoms with Crippen molar-refractivity contribution in [2.75, 3.05) is 18.5 Å². The molecular formula is C11H17N3O2. The van der Waals surface area contributed by atoms with E-state index >= 15 is 0 Å². The highest BCUT2D eigenvalue weighted by Crippen LogP contribution is 2.02. The molecule has 0 unspecified atom stereocenters. The molecule has 0 aliphatic heterocycles. The minimum atomic E-state index is -0.386. The van der Waals surface area contributed by atoms with Gasteiger partial charge < -0.3 is 10.1 Å². The third-order valence-corrected chi connectivity index (χ3v) is 1.98. The summed E-state index contributed by atoms with van der Waals surface area (Å²) in [6.45, 7) is 5.08. The van der Waals surface area contributed by atoms with Crippen LogP contribution in [0, 0.1) is 0 Å². The normalized spacial score (nSPS) is 9.88. The standard InChI is InChI=1S/C11H17N3O2/c1-3-5-6-12-11-13-7-9(8-14-11)10(15)16-4-2/h7-8H,3-6H2,1-2H3,(H,12,13,14). The first-order valence-corrected chi connectivity index (χ1v) is 5.51. The number of nitrogens with one attached hydrogen (secondary N) is 1. The first kappa shape index (κ1) is 12.4. The molecule has 5 heteroatoms. The summed E-state index contributed by atoms with van der Waals surface area (Å²) in [5.41, 5.74) is 0.378. The van der Waals surface area contributed by atoms with E-state index in [9.17, 15) is 4.79 Å². The zero-order chi connectivity index (χ0) is 11.8. The molecule has 1 heterocycles. The highest BCUT2D eigenvalue weighted by molar-refractivity contribution is 5.88. The molecule has 88 valence electrons. The van der Waals surface area contributed by atoms with Crippen molar-refractivity contribution in [2.45, 2.75) is 26.7 Å². The van der Waals surface area contributed by atoms with Crippen LogP contribution in [0.5, 0.6) is 0 Å². The van der Waals surface area contributed by atoms with Crippen LogP contribution in [0.1, 0.15) is 37.0 Å². The van der Waals surface area contributed by atoms with E-state index in [1.807, 2.05) is 0 Å². The van der Waals surface area contributed by atoms with Crippen LogP contribution >= 0.6 is 0 Å². The van der Waals surface area contributed by atoms with Crippen LogP contribution in [-0.4, -0.2) is 29.1 Å². The molecule has 5 nitrogen and oxygen atoms in total. The Morgan fingerprint density at radius 3 is 2.62 bits per heavy atom. The van der Waals surface area contributed by atoms with Gasteiger partial charge in [-0.2, -0.15) is 0 Å². The summed E-state index contributed by atoms with van der Waals surface area (Å²) in [5.74, 6) is 0.157. The lowest BCUT2D eigenvalue weighted by Crippen LogP contribution is -2.09. The third kappa shape index (κ3) is 3.84. The Labute approximate surface area is 95.3 Å². The molecule has 0 aliphatic rings. The molecule has 0 saturated heterocycles. The molecule has 0 spiro atoms. The Kier molecular flexibility index (Phi) is 5.25. The van der Waals surface area contributed by atoms with Gasteiger partial charge in [0.2, 0.25) is 5.95 Å². The second-order valence-corrected chi connectivity index (χ2v) is 3.30. The molecular weight excluding hydrogens is 206 g/mol. The molecule has 0 fully saturated rings. The number of hydrogen-bond donors (Lipinski definition) is 1. The van der Waals surface area contributed by atoms with Gasteiger partial charge in [0.25, 0.3) is 0 Å². The number of unbranched alkanes of at least 4 members (excludes halogenated alkanes) is 1. The average molecular weight is 223 g/mol. The molecule has 1 N–H and O–H groups in total. The zero-order valence-corrected chi connectivity index (χ0v) is 9.69. The van der Waals surface area contributed by atoms with E-state index in [0.29, 0.717) is 18.1 Å². The maximum atomic E-state index is 11.3. The minimum absolute atomic E-state index is 0.356. The molecule has 0 aromatic carbocycles. The van der Waals surface area contributed by atoms with Crippen molar-refractivity contribution >= 4 is 11.9 Å². The Balaban J connectivity index is 2.50. The molecule has 0 aliphatic carbocycles. The van der Waals surface area contributed by atoms with Gasteiger partial charge in [-0.3, -0.25) is 0 Å². The van der Waals surface area contributed by atoms with Gasteiger partial charge >= 0.3 is 5.97 Å². The summed E-state index contributed by atoms with van der Waals surface area (Å²) in [6.07, 6.45) is 5.13. The van der Waals surface area contributed by atoms with E-state index in [-0.39, 0.29) is 5.97 Å². The number of ether oxygens (including phenoxy) is 1. The van der Waals surface area contributed by atoms with Crippen molar-refractivity contribution < 1.29 is 9.53 Å². The molecule has 16 heavy (non-hydrogen) atoms. The van der Waals surface area contributed by atoms with Gasteiger partial charge in [-0.25, -0.2) is 14.8 Å². The Morgan fingerprint density at radius 2 is 2.06 bits per heavy atom. The molecule has 0 amide bonds. The van der Waals surface area contributed by atoms with Crippen LogP contribution in [-0.2, 0) is 4.74 Å². The molecule has 1 aromatic heterocycles. The molecule has 0 radical (unpaired) electrons. The second-order valence-electron chi connectivity index (χ2n) is 3.30. The van der Waals surface area contributed by atoms with Crippen LogP contribution < -0.4 is 5.32 Å². The van der Waals surface area contributed by atoms with E-state index in [1.165, 1.54) is 12.4 Å². The lowest BCUT2D eigenvalue weighted by atomic mass is 10.3. The number of carbonyl (C=O) groups is 1. The van der Waals surface area contributed by atoms with Crippen molar-refractivity contribution in [1.82, 2.24) is 9.97 Å². The van der Waals surface area contributed by atoms with Gasteiger partial charge in [-0.05, 0) is 13.3 Å². The molecule has 0 bridgehead atoms. The van der Waals surface area contributed by atoms with Crippen LogP contribution in [0.4, 0.5) is 5.95 Å². The van der Waals surface area contributed by atoms with Crippen LogP contribution in [0.15, 0.2) is 12.4 Å². The number of rotatable bonds is 6. The topological polar surface area (TPSA) is 64.1 Å². The lowest BCUT2D eigenvalue weighted by molar-refractivity contribution is 0.0525. The number of carbonyl (C=O) groups excluding carboxylic acids is 1. The van der Waals surface area contributed by atoms with Crippen LogP contribution in [0.3, 0.4) is 0 Å². The maximum Gasteiger partial charge on any atom is 0.341 e. The van der Waals surface area contributed by atoms with Gasteiger partial charge in [0.05, 0.1) is 12.2 Å². The predicted octanol–water partition coefficient (Wildman–Crippen LogP) is 1.87. The summed E-state index contributed by atoms with van der Waals surface area (Å²) < 4.78 is 4.83. The van der Waals surface area contributed by atoms with Gasteiger partial charge in [-0.15, -0.1) is 0 Å². The summed E-state index contributed by atoms with van der Waals surface area (Å²) in [6, 6.07) is 0. The fourth-order valence-corrected chi connectivity index (χ4v) is 1.12. The number of aromatic nitrogens is 2. The van der Waals surface area contributed by atoms with E-state index in [1.54, 1.807) is 6.92 Å². The Bertz CT molecular complexity index is 325. The van der Waals surface area contributed by atoms with Gasteiger partial charge in [0.15, 0.2) is 0 Å². The van der Waals surface area contributed by atoms with Gasteiger partial charge in [-0.1, -0.05) is 13.3 Å².